The fourth-order valence-corrected chi connectivity index (χ4v) is 9.93. The Bertz CT molecular complexity index is 2800. The molecule has 5 aromatic rings. The number of carbonyl (C=O) groups excluding carboxylic acids is 4. The van der Waals surface area contributed by atoms with Crippen molar-refractivity contribution < 1.29 is 37.5 Å². The molecule has 356 valence electrons. The highest BCUT2D eigenvalue weighted by Crippen LogP contribution is 2.31. The second-order valence-electron chi connectivity index (χ2n) is 16.5. The minimum absolute atomic E-state index is 0.00889. The smallest absolute Gasteiger partial charge is 0.326 e. The zero-order chi connectivity index (χ0) is 48.6. The van der Waals surface area contributed by atoms with Crippen LogP contribution < -0.4 is 37.0 Å². The first-order valence-corrected chi connectivity index (χ1v) is 23.8. The number of carbonyl (C=O) groups is 5. The van der Waals surface area contributed by atoms with E-state index in [1.54, 1.807) is 36.5 Å². The van der Waals surface area contributed by atoms with Gasteiger partial charge in [-0.2, -0.15) is 4.72 Å². The van der Waals surface area contributed by atoms with Crippen molar-refractivity contribution in [3.63, 3.8) is 0 Å². The number of sulfonamides is 1. The van der Waals surface area contributed by atoms with Crippen LogP contribution in [-0.4, -0.2) is 116 Å². The van der Waals surface area contributed by atoms with E-state index in [2.05, 4.69) is 30.6 Å². The molecule has 0 unspecified atom stereocenters. The van der Waals surface area contributed by atoms with Gasteiger partial charge in [-0.25, -0.2) is 13.2 Å². The molecule has 0 radical (unpaired) electrons. The van der Waals surface area contributed by atoms with Gasteiger partial charge in [-0.15, -0.1) is 0 Å². The molecule has 21 heteroatoms. The number of carboxylic acids is 1. The number of nitrogens with two attached hydrogens (primary N) is 2. The molecule has 0 saturated carbocycles. The third-order valence-electron chi connectivity index (χ3n) is 11.5. The Balaban J connectivity index is 1.20. The molecular weight excluding hydrogens is 924 g/mol. The number of para-hydroxylation sites is 1. The van der Waals surface area contributed by atoms with E-state index in [0.29, 0.717) is 28.3 Å². The van der Waals surface area contributed by atoms with Crippen LogP contribution in [0.1, 0.15) is 43.7 Å². The van der Waals surface area contributed by atoms with Gasteiger partial charge in [0.25, 0.3) is 0 Å². The topological polar surface area (TPSA) is 275 Å². The summed E-state index contributed by atoms with van der Waals surface area (Å²) >= 11 is 12.5. The Morgan fingerprint density at radius 1 is 0.866 bits per heavy atom. The van der Waals surface area contributed by atoms with Crippen LogP contribution in [0.5, 0.6) is 0 Å². The molecule has 0 bridgehead atoms. The summed E-state index contributed by atoms with van der Waals surface area (Å²) < 4.78 is 31.2. The van der Waals surface area contributed by atoms with Crippen LogP contribution in [0.15, 0.2) is 94.9 Å². The normalized spacial score (nSPS) is 15.6. The van der Waals surface area contributed by atoms with Crippen LogP contribution in [0.4, 0.5) is 5.69 Å². The Morgan fingerprint density at radius 3 is 2.28 bits per heavy atom. The van der Waals surface area contributed by atoms with Crippen LogP contribution in [-0.2, 0) is 46.8 Å². The number of likely N-dealkylation sites (tertiary alicyclic amines) is 1. The molecule has 4 aromatic carbocycles. The number of benzene rings is 4. The quantitative estimate of drug-likeness (QED) is 0.0318. The van der Waals surface area contributed by atoms with Gasteiger partial charge in [0.05, 0.1) is 14.9 Å². The van der Waals surface area contributed by atoms with E-state index in [1.165, 1.54) is 30.0 Å². The molecule has 1 aromatic heterocycles. The molecule has 5 atom stereocenters. The van der Waals surface area contributed by atoms with E-state index in [1.807, 2.05) is 49.3 Å². The van der Waals surface area contributed by atoms with E-state index in [4.69, 9.17) is 34.7 Å². The Morgan fingerprint density at radius 2 is 1.57 bits per heavy atom. The lowest BCUT2D eigenvalue weighted by molar-refractivity contribution is -0.144. The summed E-state index contributed by atoms with van der Waals surface area (Å²) in [7, 11) is -0.767. The highest BCUT2D eigenvalue weighted by molar-refractivity contribution is 7.89. The highest BCUT2D eigenvalue weighted by atomic mass is 35.5. The van der Waals surface area contributed by atoms with Crippen molar-refractivity contribution >= 4 is 96.1 Å². The van der Waals surface area contributed by atoms with Crippen molar-refractivity contribution in [3.05, 3.63) is 106 Å². The molecule has 1 fully saturated rings. The summed E-state index contributed by atoms with van der Waals surface area (Å²) in [6.07, 6.45) is 2.32. The van der Waals surface area contributed by atoms with E-state index in [9.17, 15) is 37.5 Å². The first kappa shape index (κ1) is 50.0. The Labute approximate surface area is 397 Å². The van der Waals surface area contributed by atoms with Crippen molar-refractivity contribution in [3.8, 4) is 0 Å². The first-order chi connectivity index (χ1) is 31.8. The van der Waals surface area contributed by atoms with Crippen molar-refractivity contribution in [2.24, 2.45) is 16.5 Å². The third-order valence-corrected chi connectivity index (χ3v) is 13.8. The van der Waals surface area contributed by atoms with Gasteiger partial charge in [-0.3, -0.25) is 24.2 Å². The number of fused-ring (bicyclic) bond motifs is 2. The molecule has 67 heavy (non-hydrogen) atoms. The van der Waals surface area contributed by atoms with Gasteiger partial charge in [0, 0.05) is 67.2 Å². The number of aromatic nitrogens is 1. The van der Waals surface area contributed by atoms with E-state index in [0.717, 1.165) is 16.6 Å². The van der Waals surface area contributed by atoms with Gasteiger partial charge in [-0.05, 0) is 80.5 Å². The van der Waals surface area contributed by atoms with Gasteiger partial charge < -0.3 is 47.3 Å². The van der Waals surface area contributed by atoms with E-state index in [-0.39, 0.29) is 66.1 Å². The summed E-state index contributed by atoms with van der Waals surface area (Å²) in [5.41, 5.74) is 13.8. The van der Waals surface area contributed by atoms with Gasteiger partial charge in [0.15, 0.2) is 5.96 Å². The number of H-pyrrole nitrogens is 1. The highest BCUT2D eigenvalue weighted by Gasteiger charge is 2.39. The Hall–Kier alpha value is -6.41. The van der Waals surface area contributed by atoms with Crippen molar-refractivity contribution in [2.75, 3.05) is 32.1 Å². The molecule has 6 rings (SSSR count). The minimum atomic E-state index is -4.44. The van der Waals surface area contributed by atoms with E-state index < -0.39 is 69.8 Å². The van der Waals surface area contributed by atoms with Crippen LogP contribution in [0.2, 0.25) is 10.0 Å². The van der Waals surface area contributed by atoms with Crippen molar-refractivity contribution in [1.29, 1.82) is 0 Å². The molecule has 0 aliphatic carbocycles. The van der Waals surface area contributed by atoms with Gasteiger partial charge in [0.2, 0.25) is 33.7 Å². The maximum absolute atomic E-state index is 14.4. The fourth-order valence-electron chi connectivity index (χ4n) is 8.19. The number of rotatable bonds is 20. The summed E-state index contributed by atoms with van der Waals surface area (Å²) in [4.78, 5) is 78.6. The lowest BCUT2D eigenvalue weighted by atomic mass is 10.0. The molecule has 10 N–H and O–H groups in total. The Kier molecular flexibility index (Phi) is 16.4. The number of nitrogens with one attached hydrogen (secondary N) is 5. The number of halogens is 2. The van der Waals surface area contributed by atoms with Crippen molar-refractivity contribution in [1.82, 2.24) is 30.6 Å². The van der Waals surface area contributed by atoms with Crippen molar-refractivity contribution in [2.45, 2.75) is 80.6 Å². The lowest BCUT2D eigenvalue weighted by Gasteiger charge is -2.29. The SMILES string of the molecule is C[C@H](NC(=O)[C@H](CCCN=C(N)N)NC(=O)[C@@H](Cc1ccc(Cl)c(Cl)c1)NS(=O)(=O)c1cccc2c(N(C)C)cccc12)C(=O)N1CCC[C@H]1C(=O)N[C@@H](Cc1c[nH]c2ccccc12)C(=O)O. The number of aliphatic carboxylic acids is 1. The predicted octanol–water partition coefficient (Wildman–Crippen LogP) is 3.43. The molecule has 1 saturated heterocycles. The zero-order valence-corrected chi connectivity index (χ0v) is 39.4. The number of aromatic amines is 1. The number of hydrogen-bond acceptors (Lipinski definition) is 9. The summed E-state index contributed by atoms with van der Waals surface area (Å²) in [5.74, 6) is -4.37. The van der Waals surface area contributed by atoms with Gasteiger partial charge >= 0.3 is 5.97 Å². The lowest BCUT2D eigenvalue weighted by Crippen LogP contribution is -2.58. The monoisotopic (exact) mass is 976 g/mol. The second kappa shape index (κ2) is 21.9. The zero-order valence-electron chi connectivity index (χ0n) is 37.1. The maximum atomic E-state index is 14.4. The van der Waals surface area contributed by atoms with E-state index >= 15 is 0 Å². The fraction of sp³-hybridized carbons (Fsp3) is 0.348. The predicted molar refractivity (Wildman–Crippen MR) is 258 cm³/mol. The maximum Gasteiger partial charge on any atom is 0.326 e. The molecule has 1 aliphatic rings. The largest absolute Gasteiger partial charge is 0.480 e. The number of hydrogen-bond donors (Lipinski definition) is 8. The van der Waals surface area contributed by atoms with Crippen LogP contribution in [0.25, 0.3) is 21.7 Å². The standard InChI is InChI=1S/C46H54Cl2N10O8S/c1-26(44(62)58-21-9-16-39(58)43(61)55-37(45(63)64)24-28-25-52-34-13-5-4-10-29(28)34)53-41(59)35(14-8-20-51-46(49)50)54-42(60)36(23-27-18-19-32(47)33(48)22-27)56-67(65,66)40-17-7-11-30-31(40)12-6-15-38(30)57(2)3/h4-7,10-13,15,17-19,22,25-26,35-37,39,52,56H,8-9,14,16,20-21,23-24H2,1-3H3,(H,53,59)(H,54,60)(H,55,61)(H,63,64)(H4,49,50,51)/t26-,35-,36+,37-,39-/m0/s1. The van der Waals surface area contributed by atoms with Crippen LogP contribution >= 0.6 is 23.2 Å². The molecule has 18 nitrogen and oxygen atoms in total. The number of amides is 4. The summed E-state index contributed by atoms with van der Waals surface area (Å²) in [6, 6.07) is 15.7. The number of guanidine groups is 1. The summed E-state index contributed by atoms with van der Waals surface area (Å²) in [5, 5.41) is 20.3. The van der Waals surface area contributed by atoms with Gasteiger partial charge in [0.1, 0.15) is 30.2 Å². The first-order valence-electron chi connectivity index (χ1n) is 21.5. The molecular formula is C46H54Cl2N10O8S. The van der Waals surface area contributed by atoms with Crippen LogP contribution in [0, 0.1) is 0 Å². The molecule has 1 aliphatic heterocycles. The minimum Gasteiger partial charge on any atom is -0.480 e. The molecule has 4 amide bonds. The number of nitrogens with zero attached hydrogens (tertiary/aromatic N) is 3. The van der Waals surface area contributed by atoms with Gasteiger partial charge in [-0.1, -0.05) is 71.7 Å². The summed E-state index contributed by atoms with van der Waals surface area (Å²) in [6.45, 7) is 1.67. The molecule has 0 spiro atoms. The number of aliphatic imine (C=N–C) groups is 1. The number of anilines is 1. The third kappa shape index (κ3) is 12.3. The average molecular weight is 978 g/mol. The second-order valence-corrected chi connectivity index (χ2v) is 19.0. The number of carboxylic acid groups (broad SMARTS) is 1. The molecule has 2 heterocycles. The average Bonchev–Trinajstić information content (AvgIpc) is 3.95. The van der Waals surface area contributed by atoms with Crippen LogP contribution in [0.3, 0.4) is 0 Å².